The monoisotopic (exact) mass is 209 g/mol. The SMILES string of the molecule is Cn1nccc1CN1CCC(CO)CC1. The molecule has 2 rings (SSSR count). The Bertz CT molecular complexity index is 303. The average molecular weight is 209 g/mol. The van der Waals surface area contributed by atoms with E-state index in [2.05, 4.69) is 16.1 Å². The van der Waals surface area contributed by atoms with E-state index in [4.69, 9.17) is 5.11 Å². The maximum atomic E-state index is 9.05. The molecule has 0 bridgehead atoms. The lowest BCUT2D eigenvalue weighted by atomic mass is 9.98. The first-order chi connectivity index (χ1) is 7.29. The van der Waals surface area contributed by atoms with Crippen molar-refractivity contribution >= 4 is 0 Å². The minimum absolute atomic E-state index is 0.347. The van der Waals surface area contributed by atoms with Gasteiger partial charge in [-0.3, -0.25) is 9.58 Å². The third kappa shape index (κ3) is 2.58. The van der Waals surface area contributed by atoms with Gasteiger partial charge in [0.1, 0.15) is 0 Å². The van der Waals surface area contributed by atoms with Crippen LogP contribution in [0, 0.1) is 5.92 Å². The van der Waals surface area contributed by atoms with Gasteiger partial charge in [0, 0.05) is 26.4 Å². The van der Waals surface area contributed by atoms with E-state index in [0.717, 1.165) is 32.5 Å². The standard InChI is InChI=1S/C11H19N3O/c1-13-11(2-5-12-13)8-14-6-3-10(9-15)4-7-14/h2,5,10,15H,3-4,6-9H2,1H3. The van der Waals surface area contributed by atoms with Crippen LogP contribution in [0.15, 0.2) is 12.3 Å². The highest BCUT2D eigenvalue weighted by molar-refractivity contribution is 4.99. The molecule has 84 valence electrons. The number of piperidine rings is 1. The van der Waals surface area contributed by atoms with Crippen molar-refractivity contribution in [3.05, 3.63) is 18.0 Å². The third-order valence-corrected chi connectivity index (χ3v) is 3.27. The zero-order valence-corrected chi connectivity index (χ0v) is 9.26. The summed E-state index contributed by atoms with van der Waals surface area (Å²) in [5, 5.41) is 13.2. The van der Waals surface area contributed by atoms with E-state index in [1.807, 2.05) is 17.9 Å². The molecule has 1 aromatic heterocycles. The van der Waals surface area contributed by atoms with Crippen LogP contribution < -0.4 is 0 Å². The summed E-state index contributed by atoms with van der Waals surface area (Å²) < 4.78 is 1.93. The van der Waals surface area contributed by atoms with E-state index < -0.39 is 0 Å². The summed E-state index contributed by atoms with van der Waals surface area (Å²) >= 11 is 0. The molecule has 0 unspecified atom stereocenters. The number of hydrogen-bond acceptors (Lipinski definition) is 3. The maximum Gasteiger partial charge on any atom is 0.0521 e. The Balaban J connectivity index is 1.85. The van der Waals surface area contributed by atoms with Gasteiger partial charge in [0.25, 0.3) is 0 Å². The number of nitrogens with zero attached hydrogens (tertiary/aromatic N) is 3. The minimum Gasteiger partial charge on any atom is -0.396 e. The fourth-order valence-electron chi connectivity index (χ4n) is 2.11. The lowest BCUT2D eigenvalue weighted by molar-refractivity contribution is 0.125. The minimum atomic E-state index is 0.347. The summed E-state index contributed by atoms with van der Waals surface area (Å²) in [5.41, 5.74) is 1.26. The molecule has 0 saturated carbocycles. The van der Waals surface area contributed by atoms with Crippen LogP contribution >= 0.6 is 0 Å². The molecule has 0 amide bonds. The molecule has 0 aromatic carbocycles. The molecule has 1 N–H and O–H groups in total. The highest BCUT2D eigenvalue weighted by Crippen LogP contribution is 2.17. The molecule has 4 heteroatoms. The Morgan fingerprint density at radius 3 is 2.73 bits per heavy atom. The first-order valence-electron chi connectivity index (χ1n) is 5.59. The molecule has 1 aliphatic rings. The van der Waals surface area contributed by atoms with Gasteiger partial charge in [0.2, 0.25) is 0 Å². The first kappa shape index (κ1) is 10.6. The van der Waals surface area contributed by atoms with E-state index in [9.17, 15) is 0 Å². The highest BCUT2D eigenvalue weighted by atomic mass is 16.3. The number of aryl methyl sites for hydroxylation is 1. The van der Waals surface area contributed by atoms with Crippen molar-refractivity contribution in [3.8, 4) is 0 Å². The number of aromatic nitrogens is 2. The lowest BCUT2D eigenvalue weighted by Crippen LogP contribution is -2.34. The molecule has 2 heterocycles. The second-order valence-electron chi connectivity index (χ2n) is 4.35. The van der Waals surface area contributed by atoms with Crippen LogP contribution in [0.5, 0.6) is 0 Å². The van der Waals surface area contributed by atoms with Crippen molar-refractivity contribution in [3.63, 3.8) is 0 Å². The van der Waals surface area contributed by atoms with Crippen LogP contribution in [0.2, 0.25) is 0 Å². The van der Waals surface area contributed by atoms with Crippen LogP contribution in [0.4, 0.5) is 0 Å². The summed E-state index contributed by atoms with van der Waals surface area (Å²) in [6, 6.07) is 2.07. The second-order valence-corrected chi connectivity index (χ2v) is 4.35. The third-order valence-electron chi connectivity index (χ3n) is 3.27. The molecule has 0 atom stereocenters. The van der Waals surface area contributed by atoms with E-state index in [0.29, 0.717) is 12.5 Å². The molecule has 0 aliphatic carbocycles. The molecule has 1 aromatic rings. The lowest BCUT2D eigenvalue weighted by Gasteiger charge is -2.30. The van der Waals surface area contributed by atoms with Crippen LogP contribution in [0.3, 0.4) is 0 Å². The predicted molar refractivity (Wildman–Crippen MR) is 58.3 cm³/mol. The smallest absolute Gasteiger partial charge is 0.0521 e. The van der Waals surface area contributed by atoms with Gasteiger partial charge in [-0.1, -0.05) is 0 Å². The molecule has 0 radical (unpaired) electrons. The van der Waals surface area contributed by atoms with Crippen molar-refractivity contribution < 1.29 is 5.11 Å². The van der Waals surface area contributed by atoms with Crippen molar-refractivity contribution in [2.24, 2.45) is 13.0 Å². The zero-order chi connectivity index (χ0) is 10.7. The molecule has 1 aliphatic heterocycles. The quantitative estimate of drug-likeness (QED) is 0.793. The second kappa shape index (κ2) is 4.77. The summed E-state index contributed by atoms with van der Waals surface area (Å²) in [4.78, 5) is 2.43. The number of rotatable bonds is 3. The Morgan fingerprint density at radius 1 is 1.47 bits per heavy atom. The molecule has 0 spiro atoms. The summed E-state index contributed by atoms with van der Waals surface area (Å²) in [6.07, 6.45) is 4.08. The van der Waals surface area contributed by atoms with Crippen molar-refractivity contribution in [2.45, 2.75) is 19.4 Å². The Hall–Kier alpha value is -0.870. The van der Waals surface area contributed by atoms with E-state index in [1.54, 1.807) is 0 Å². The van der Waals surface area contributed by atoms with Crippen molar-refractivity contribution in [1.82, 2.24) is 14.7 Å². The Labute approximate surface area is 90.5 Å². The number of aliphatic hydroxyl groups is 1. The molecule has 1 saturated heterocycles. The summed E-state index contributed by atoms with van der Waals surface area (Å²) in [6.45, 7) is 3.51. The summed E-state index contributed by atoms with van der Waals surface area (Å²) in [5.74, 6) is 0.521. The fourth-order valence-corrected chi connectivity index (χ4v) is 2.11. The highest BCUT2D eigenvalue weighted by Gasteiger charge is 2.18. The Morgan fingerprint density at radius 2 is 2.20 bits per heavy atom. The molecule has 1 fully saturated rings. The van der Waals surface area contributed by atoms with Gasteiger partial charge < -0.3 is 5.11 Å². The number of hydrogen-bond donors (Lipinski definition) is 1. The largest absolute Gasteiger partial charge is 0.396 e. The molecular weight excluding hydrogens is 190 g/mol. The number of aliphatic hydroxyl groups excluding tert-OH is 1. The Kier molecular flexibility index (Phi) is 3.38. The van der Waals surface area contributed by atoms with Crippen LogP contribution in [0.25, 0.3) is 0 Å². The topological polar surface area (TPSA) is 41.3 Å². The van der Waals surface area contributed by atoms with Crippen LogP contribution in [0.1, 0.15) is 18.5 Å². The van der Waals surface area contributed by atoms with Gasteiger partial charge in [0.15, 0.2) is 0 Å². The first-order valence-corrected chi connectivity index (χ1v) is 5.59. The van der Waals surface area contributed by atoms with Gasteiger partial charge >= 0.3 is 0 Å². The fraction of sp³-hybridized carbons (Fsp3) is 0.727. The van der Waals surface area contributed by atoms with Gasteiger partial charge in [0.05, 0.1) is 5.69 Å². The summed E-state index contributed by atoms with van der Waals surface area (Å²) in [7, 11) is 1.98. The van der Waals surface area contributed by atoms with E-state index >= 15 is 0 Å². The zero-order valence-electron chi connectivity index (χ0n) is 9.26. The van der Waals surface area contributed by atoms with Gasteiger partial charge in [-0.15, -0.1) is 0 Å². The van der Waals surface area contributed by atoms with Gasteiger partial charge in [-0.25, -0.2) is 0 Å². The number of likely N-dealkylation sites (tertiary alicyclic amines) is 1. The predicted octanol–water partition coefficient (Wildman–Crippen LogP) is 0.624. The van der Waals surface area contributed by atoms with Crippen molar-refractivity contribution in [2.75, 3.05) is 19.7 Å². The average Bonchev–Trinajstić information content (AvgIpc) is 2.66. The maximum absolute atomic E-state index is 9.05. The normalized spacial score (nSPS) is 19.6. The van der Waals surface area contributed by atoms with Crippen LogP contribution in [-0.2, 0) is 13.6 Å². The molecule has 4 nitrogen and oxygen atoms in total. The van der Waals surface area contributed by atoms with Crippen molar-refractivity contribution in [1.29, 1.82) is 0 Å². The molecule has 15 heavy (non-hydrogen) atoms. The van der Waals surface area contributed by atoms with Gasteiger partial charge in [-0.2, -0.15) is 5.10 Å². The van der Waals surface area contributed by atoms with Crippen LogP contribution in [-0.4, -0.2) is 39.5 Å². The van der Waals surface area contributed by atoms with Gasteiger partial charge in [-0.05, 0) is 37.9 Å². The van der Waals surface area contributed by atoms with E-state index in [-0.39, 0.29) is 0 Å². The molecular formula is C11H19N3O. The van der Waals surface area contributed by atoms with E-state index in [1.165, 1.54) is 5.69 Å².